The van der Waals surface area contributed by atoms with Crippen LogP contribution in [0.2, 0.25) is 0 Å². The van der Waals surface area contributed by atoms with Gasteiger partial charge in [0.05, 0.1) is 12.1 Å². The first-order valence-electron chi connectivity index (χ1n) is 11.0. The Morgan fingerprint density at radius 1 is 1.21 bits per heavy atom. The molecule has 3 fully saturated rings. The molecule has 4 rings (SSSR count). The number of carbonyl (C=O) groups excluding carboxylic acids is 1. The van der Waals surface area contributed by atoms with E-state index in [1.807, 2.05) is 18.7 Å². The first-order chi connectivity index (χ1) is 13.6. The molecule has 3 aliphatic rings. The Balaban J connectivity index is 1.58. The quantitative estimate of drug-likeness (QED) is 0.817. The number of carbonyl (C=O) groups is 1. The fourth-order valence-electron chi connectivity index (χ4n) is 5.89. The Kier molecular flexibility index (Phi) is 5.62. The van der Waals surface area contributed by atoms with Gasteiger partial charge in [-0.25, -0.2) is 0 Å². The summed E-state index contributed by atoms with van der Waals surface area (Å²) < 4.78 is 0. The van der Waals surface area contributed by atoms with Crippen LogP contribution in [0.3, 0.4) is 0 Å². The zero-order valence-corrected chi connectivity index (χ0v) is 17.3. The van der Waals surface area contributed by atoms with Crippen molar-refractivity contribution >= 4 is 12.0 Å². The van der Waals surface area contributed by atoms with Crippen molar-refractivity contribution in [3.8, 4) is 0 Å². The van der Waals surface area contributed by atoms with Crippen molar-refractivity contribution in [3.05, 3.63) is 41.5 Å². The summed E-state index contributed by atoms with van der Waals surface area (Å²) in [5.41, 5.74) is 2.53. The van der Waals surface area contributed by atoms with Crippen molar-refractivity contribution in [2.45, 2.75) is 63.5 Å². The van der Waals surface area contributed by atoms with E-state index in [9.17, 15) is 9.90 Å². The van der Waals surface area contributed by atoms with Gasteiger partial charge in [-0.15, -0.1) is 0 Å². The summed E-state index contributed by atoms with van der Waals surface area (Å²) in [5.74, 6) is 1.31. The molecule has 1 aliphatic carbocycles. The van der Waals surface area contributed by atoms with E-state index in [0.717, 1.165) is 25.6 Å². The number of nitrogens with zero attached hydrogens (tertiary/aromatic N) is 2. The highest BCUT2D eigenvalue weighted by molar-refractivity contribution is 5.77. The Labute approximate surface area is 169 Å². The Hall–Kier alpha value is -1.65. The number of aliphatic hydroxyl groups excluding tert-OH is 1. The second kappa shape index (κ2) is 8.00. The van der Waals surface area contributed by atoms with Crippen molar-refractivity contribution in [3.63, 3.8) is 0 Å². The summed E-state index contributed by atoms with van der Waals surface area (Å²) in [6.07, 6.45) is 10.0. The lowest BCUT2D eigenvalue weighted by atomic mass is 9.60. The molecule has 4 nitrogen and oxygen atoms in total. The van der Waals surface area contributed by atoms with E-state index < -0.39 is 0 Å². The molecular weight excluding hydrogens is 348 g/mol. The third-order valence-corrected chi connectivity index (χ3v) is 7.29. The first-order valence-corrected chi connectivity index (χ1v) is 11.0. The van der Waals surface area contributed by atoms with Gasteiger partial charge in [-0.05, 0) is 36.8 Å². The van der Waals surface area contributed by atoms with Crippen LogP contribution in [0.25, 0.3) is 6.08 Å². The Morgan fingerprint density at radius 2 is 1.89 bits per heavy atom. The number of hydrogen-bond donors (Lipinski definition) is 1. The molecular formula is C24H34N2O2. The number of likely N-dealkylation sites (tertiary alicyclic amines) is 2. The van der Waals surface area contributed by atoms with Gasteiger partial charge in [-0.2, -0.15) is 0 Å². The molecule has 28 heavy (non-hydrogen) atoms. The Bertz CT molecular complexity index is 715. The predicted molar refractivity (Wildman–Crippen MR) is 113 cm³/mol. The van der Waals surface area contributed by atoms with Crippen LogP contribution in [0.4, 0.5) is 0 Å². The molecule has 1 amide bonds. The van der Waals surface area contributed by atoms with Gasteiger partial charge < -0.3 is 10.0 Å². The number of benzene rings is 1. The summed E-state index contributed by atoms with van der Waals surface area (Å²) in [5, 5.41) is 10.2. The summed E-state index contributed by atoms with van der Waals surface area (Å²) in [6, 6.07) is 8.96. The van der Waals surface area contributed by atoms with Crippen LogP contribution in [0.1, 0.15) is 63.0 Å². The largest absolute Gasteiger partial charge is 0.395 e. The van der Waals surface area contributed by atoms with Crippen LogP contribution < -0.4 is 0 Å². The van der Waals surface area contributed by atoms with E-state index in [2.05, 4.69) is 41.3 Å². The number of allylic oxidation sites excluding steroid dienone is 1. The second-order valence-corrected chi connectivity index (χ2v) is 8.90. The molecule has 0 unspecified atom stereocenters. The van der Waals surface area contributed by atoms with Crippen LogP contribution in [0.5, 0.6) is 0 Å². The van der Waals surface area contributed by atoms with E-state index >= 15 is 0 Å². The maximum absolute atomic E-state index is 12.2. The van der Waals surface area contributed by atoms with E-state index in [1.54, 1.807) is 0 Å². The van der Waals surface area contributed by atoms with Crippen LogP contribution in [-0.2, 0) is 4.79 Å². The van der Waals surface area contributed by atoms with Crippen LogP contribution in [-0.4, -0.2) is 58.6 Å². The Morgan fingerprint density at radius 3 is 2.46 bits per heavy atom. The summed E-state index contributed by atoms with van der Waals surface area (Å²) >= 11 is 0. The van der Waals surface area contributed by atoms with Gasteiger partial charge in [0.25, 0.3) is 0 Å². The average molecular weight is 383 g/mol. The average Bonchev–Trinajstić information content (AvgIpc) is 3.18. The van der Waals surface area contributed by atoms with Gasteiger partial charge in [-0.3, -0.25) is 9.69 Å². The lowest BCUT2D eigenvalue weighted by Gasteiger charge is -2.71. The molecule has 1 aromatic rings. The van der Waals surface area contributed by atoms with Crippen LogP contribution in [0.15, 0.2) is 30.3 Å². The lowest BCUT2D eigenvalue weighted by molar-refractivity contribution is -0.199. The van der Waals surface area contributed by atoms with Gasteiger partial charge in [0, 0.05) is 38.0 Å². The van der Waals surface area contributed by atoms with Gasteiger partial charge in [-0.1, -0.05) is 56.2 Å². The minimum Gasteiger partial charge on any atom is -0.395 e. The van der Waals surface area contributed by atoms with Crippen molar-refractivity contribution in [1.82, 2.24) is 9.80 Å². The molecule has 2 aliphatic heterocycles. The summed E-state index contributed by atoms with van der Waals surface area (Å²) in [4.78, 5) is 16.8. The van der Waals surface area contributed by atoms with Gasteiger partial charge >= 0.3 is 0 Å². The van der Waals surface area contributed by atoms with E-state index in [0.29, 0.717) is 12.3 Å². The molecule has 4 heteroatoms. The third-order valence-electron chi connectivity index (χ3n) is 7.29. The molecule has 0 radical (unpaired) electrons. The van der Waals surface area contributed by atoms with Crippen LogP contribution >= 0.6 is 0 Å². The maximum Gasteiger partial charge on any atom is 0.222 e. The van der Waals surface area contributed by atoms with E-state index in [1.165, 1.54) is 36.8 Å². The topological polar surface area (TPSA) is 43.8 Å². The third kappa shape index (κ3) is 3.21. The maximum atomic E-state index is 12.2. The molecule has 1 saturated carbocycles. The summed E-state index contributed by atoms with van der Waals surface area (Å²) in [6.45, 7) is 6.86. The molecule has 1 aromatic carbocycles. The van der Waals surface area contributed by atoms with Gasteiger partial charge in [0.2, 0.25) is 5.91 Å². The van der Waals surface area contributed by atoms with E-state index in [-0.39, 0.29) is 24.1 Å². The minimum atomic E-state index is 0.0168. The smallest absolute Gasteiger partial charge is 0.222 e. The fourth-order valence-corrected chi connectivity index (χ4v) is 5.89. The highest BCUT2D eigenvalue weighted by Crippen LogP contribution is 2.54. The standard InChI is InChI=1S/C24H34N2O2/c1-3-7-18-10-12-20(13-11-18)23-21(15-27)26(14-19-8-5-6-9-19)24(23)16-25(17-24)22(28)4-2/h3,7,10-13,19,21,23,27H,4-6,8-9,14-17H2,1-2H3/b7-3+/t21-,23+/m1/s1. The molecule has 0 aromatic heterocycles. The highest BCUT2D eigenvalue weighted by Gasteiger charge is 2.66. The number of hydrogen-bond acceptors (Lipinski definition) is 3. The SMILES string of the molecule is C/C=C/c1ccc([C@H]2[C@@H](CO)N(CC3CCCC3)C23CN(C(=O)CC)C3)cc1. The second-order valence-electron chi connectivity index (χ2n) is 8.90. The van der Waals surface area contributed by atoms with Gasteiger partial charge in [0.1, 0.15) is 0 Å². The molecule has 2 saturated heterocycles. The fraction of sp³-hybridized carbons (Fsp3) is 0.625. The minimum absolute atomic E-state index is 0.0168. The summed E-state index contributed by atoms with van der Waals surface area (Å²) in [7, 11) is 0. The molecule has 2 atom stereocenters. The normalized spacial score (nSPS) is 27.3. The molecule has 0 bridgehead atoms. The number of rotatable bonds is 6. The predicted octanol–water partition coefficient (Wildman–Crippen LogP) is 3.66. The molecule has 152 valence electrons. The number of amides is 1. The van der Waals surface area contributed by atoms with Crippen molar-refractivity contribution in [1.29, 1.82) is 0 Å². The molecule has 1 spiro atoms. The van der Waals surface area contributed by atoms with Gasteiger partial charge in [0.15, 0.2) is 0 Å². The van der Waals surface area contributed by atoms with Crippen molar-refractivity contribution in [2.75, 3.05) is 26.2 Å². The van der Waals surface area contributed by atoms with Crippen LogP contribution in [0, 0.1) is 5.92 Å². The van der Waals surface area contributed by atoms with E-state index in [4.69, 9.17) is 0 Å². The monoisotopic (exact) mass is 382 g/mol. The lowest BCUT2D eigenvalue weighted by Crippen LogP contribution is -2.85. The highest BCUT2D eigenvalue weighted by atomic mass is 16.3. The zero-order valence-electron chi connectivity index (χ0n) is 17.3. The zero-order chi connectivity index (χ0) is 19.7. The van der Waals surface area contributed by atoms with Crippen molar-refractivity contribution < 1.29 is 9.90 Å². The molecule has 1 N–H and O–H groups in total. The molecule has 2 heterocycles. The number of aliphatic hydroxyl groups is 1. The first kappa shape index (κ1) is 19.7. The van der Waals surface area contributed by atoms with Crippen molar-refractivity contribution in [2.24, 2.45) is 5.92 Å².